The van der Waals surface area contributed by atoms with Crippen LogP contribution in [0.2, 0.25) is 0 Å². The topological polar surface area (TPSA) is 60.4 Å². The van der Waals surface area contributed by atoms with Crippen LogP contribution in [-0.4, -0.2) is 20.5 Å². The van der Waals surface area contributed by atoms with Gasteiger partial charge in [0.15, 0.2) is 0 Å². The third-order valence-corrected chi connectivity index (χ3v) is 2.23. The molecule has 0 saturated carbocycles. The zero-order valence-electron chi connectivity index (χ0n) is 6.71. The summed E-state index contributed by atoms with van der Waals surface area (Å²) in [4.78, 5) is 9.95. The first-order valence-electron chi connectivity index (χ1n) is 3.55. The first-order valence-corrected chi connectivity index (χ1v) is 5.12. The Morgan fingerprint density at radius 3 is 2.38 bits per heavy atom. The molecule has 0 spiro atoms. The van der Waals surface area contributed by atoms with Crippen LogP contribution in [0.3, 0.4) is 0 Å². The molecule has 70 valence electrons. The Labute approximate surface area is 76.3 Å². The minimum Gasteiger partial charge on any atom is -0.382 e. The van der Waals surface area contributed by atoms with Gasteiger partial charge in [-0.15, -0.1) is 0 Å². The summed E-state index contributed by atoms with van der Waals surface area (Å²) < 4.78 is 26.5. The molecule has 0 aliphatic heterocycles. The Morgan fingerprint density at radius 1 is 1.23 bits per heavy atom. The average molecular weight is 200 g/mol. The number of carbonyl (C=O) groups is 1. The molecule has 0 amide bonds. The highest BCUT2D eigenvalue weighted by Gasteiger charge is 2.10. The van der Waals surface area contributed by atoms with Gasteiger partial charge in [-0.25, -0.2) is 0 Å². The van der Waals surface area contributed by atoms with Crippen LogP contribution in [0.25, 0.3) is 0 Å². The predicted octanol–water partition coefficient (Wildman–Crippen LogP) is 0.594. The van der Waals surface area contributed by atoms with Crippen LogP contribution in [0.4, 0.5) is 0 Å². The smallest absolute Gasteiger partial charge is 0.316 e. The van der Waals surface area contributed by atoms with E-state index in [1.807, 2.05) is 0 Å². The highest BCUT2D eigenvalue weighted by molar-refractivity contribution is 7.87. The van der Waals surface area contributed by atoms with E-state index in [0.717, 1.165) is 0 Å². The molecule has 0 saturated heterocycles. The van der Waals surface area contributed by atoms with E-state index < -0.39 is 15.9 Å². The van der Waals surface area contributed by atoms with Crippen LogP contribution in [-0.2, 0) is 14.9 Å². The Bertz CT molecular complexity index is 368. The van der Waals surface area contributed by atoms with Gasteiger partial charge < -0.3 is 8.98 Å². The van der Waals surface area contributed by atoms with Crippen molar-refractivity contribution in [3.8, 4) is 5.75 Å². The van der Waals surface area contributed by atoms with Gasteiger partial charge in [-0.1, -0.05) is 18.2 Å². The van der Waals surface area contributed by atoms with Gasteiger partial charge in [-0.3, -0.25) is 0 Å². The standard InChI is InChI=1S/C8H8O4S/c9-6-7-13(10,11)12-8-4-2-1-3-5-8/h1-6H,7H2. The van der Waals surface area contributed by atoms with E-state index in [0.29, 0.717) is 0 Å². The molecular formula is C8H8O4S. The molecule has 5 heteroatoms. The van der Waals surface area contributed by atoms with Gasteiger partial charge in [-0.2, -0.15) is 8.42 Å². The van der Waals surface area contributed by atoms with Crippen molar-refractivity contribution in [1.29, 1.82) is 0 Å². The fourth-order valence-electron chi connectivity index (χ4n) is 0.740. The fourth-order valence-corrected chi connectivity index (χ4v) is 1.38. The lowest BCUT2D eigenvalue weighted by Gasteiger charge is -2.02. The van der Waals surface area contributed by atoms with E-state index in [2.05, 4.69) is 4.18 Å². The quantitative estimate of drug-likeness (QED) is 0.527. The molecule has 0 aliphatic rings. The van der Waals surface area contributed by atoms with E-state index in [9.17, 15) is 13.2 Å². The number of aldehydes is 1. The minimum atomic E-state index is -3.75. The van der Waals surface area contributed by atoms with Gasteiger partial charge in [0.05, 0.1) is 0 Å². The maximum atomic E-state index is 10.9. The van der Waals surface area contributed by atoms with E-state index in [-0.39, 0.29) is 12.0 Å². The van der Waals surface area contributed by atoms with Crippen LogP contribution < -0.4 is 4.18 Å². The zero-order chi connectivity index (χ0) is 9.73. The SMILES string of the molecule is O=CCS(=O)(=O)Oc1ccccc1. The average Bonchev–Trinajstić information content (AvgIpc) is 2.04. The Morgan fingerprint density at radius 2 is 1.85 bits per heavy atom. The molecular weight excluding hydrogens is 192 g/mol. The van der Waals surface area contributed by atoms with Gasteiger partial charge in [-0.05, 0) is 12.1 Å². The third kappa shape index (κ3) is 3.25. The van der Waals surface area contributed by atoms with Crippen LogP contribution in [0, 0.1) is 0 Å². The molecule has 0 heterocycles. The molecule has 0 unspecified atom stereocenters. The summed E-state index contributed by atoms with van der Waals surface area (Å²) in [5.74, 6) is -0.411. The number of para-hydroxylation sites is 1. The fraction of sp³-hybridized carbons (Fsp3) is 0.125. The molecule has 0 fully saturated rings. The summed E-state index contributed by atoms with van der Waals surface area (Å²) in [6.45, 7) is 0. The second-order valence-corrected chi connectivity index (χ2v) is 3.90. The number of hydrogen-bond donors (Lipinski definition) is 0. The molecule has 13 heavy (non-hydrogen) atoms. The van der Waals surface area contributed by atoms with Crippen molar-refractivity contribution in [1.82, 2.24) is 0 Å². The van der Waals surface area contributed by atoms with E-state index >= 15 is 0 Å². The van der Waals surface area contributed by atoms with Gasteiger partial charge in [0.2, 0.25) is 0 Å². The monoisotopic (exact) mass is 200 g/mol. The van der Waals surface area contributed by atoms with Crippen LogP contribution in [0.5, 0.6) is 5.75 Å². The van der Waals surface area contributed by atoms with Crippen molar-refractivity contribution in [2.45, 2.75) is 0 Å². The van der Waals surface area contributed by atoms with Gasteiger partial charge in [0.25, 0.3) is 0 Å². The number of benzene rings is 1. The van der Waals surface area contributed by atoms with Crippen LogP contribution in [0.1, 0.15) is 0 Å². The normalized spacial score (nSPS) is 10.8. The lowest BCUT2D eigenvalue weighted by atomic mass is 10.3. The van der Waals surface area contributed by atoms with Crippen molar-refractivity contribution in [3.05, 3.63) is 30.3 Å². The number of rotatable bonds is 4. The lowest BCUT2D eigenvalue weighted by molar-refractivity contribution is -0.105. The molecule has 4 nitrogen and oxygen atoms in total. The summed E-state index contributed by atoms with van der Waals surface area (Å²) in [5.41, 5.74) is 0. The minimum absolute atomic E-state index is 0.212. The van der Waals surface area contributed by atoms with Gasteiger partial charge in [0, 0.05) is 0 Å². The number of hydrogen-bond acceptors (Lipinski definition) is 4. The van der Waals surface area contributed by atoms with Crippen molar-refractivity contribution < 1.29 is 17.4 Å². The van der Waals surface area contributed by atoms with Crippen molar-refractivity contribution in [3.63, 3.8) is 0 Å². The largest absolute Gasteiger partial charge is 0.382 e. The zero-order valence-corrected chi connectivity index (χ0v) is 7.53. The summed E-state index contributed by atoms with van der Waals surface area (Å²) in [6, 6.07) is 8.03. The molecule has 1 aromatic rings. The van der Waals surface area contributed by atoms with Gasteiger partial charge >= 0.3 is 10.1 Å². The maximum Gasteiger partial charge on any atom is 0.316 e. The highest BCUT2D eigenvalue weighted by Crippen LogP contribution is 2.10. The maximum absolute atomic E-state index is 10.9. The summed E-state index contributed by atoms with van der Waals surface area (Å²) in [5, 5.41) is 0. The summed E-state index contributed by atoms with van der Waals surface area (Å²) in [6.07, 6.45) is 0.290. The highest BCUT2D eigenvalue weighted by atomic mass is 32.2. The second kappa shape index (κ2) is 4.04. The summed E-state index contributed by atoms with van der Waals surface area (Å²) in [7, 11) is -3.75. The predicted molar refractivity (Wildman–Crippen MR) is 46.9 cm³/mol. The first-order chi connectivity index (χ1) is 6.14. The molecule has 0 radical (unpaired) electrons. The second-order valence-electron chi connectivity index (χ2n) is 2.29. The molecule has 0 bridgehead atoms. The molecule has 1 aromatic carbocycles. The molecule has 0 N–H and O–H groups in total. The third-order valence-electron chi connectivity index (χ3n) is 1.24. The Balaban J connectivity index is 2.75. The van der Waals surface area contributed by atoms with Crippen LogP contribution >= 0.6 is 0 Å². The molecule has 0 aromatic heterocycles. The van der Waals surface area contributed by atoms with Gasteiger partial charge in [0.1, 0.15) is 17.8 Å². The van der Waals surface area contributed by atoms with E-state index in [4.69, 9.17) is 0 Å². The number of carbonyl (C=O) groups excluding carboxylic acids is 1. The lowest BCUT2D eigenvalue weighted by Crippen LogP contribution is -2.14. The first kappa shape index (κ1) is 9.73. The van der Waals surface area contributed by atoms with Crippen molar-refractivity contribution in [2.75, 3.05) is 5.75 Å². The van der Waals surface area contributed by atoms with Crippen molar-refractivity contribution >= 4 is 16.4 Å². The van der Waals surface area contributed by atoms with E-state index in [1.54, 1.807) is 18.2 Å². The van der Waals surface area contributed by atoms with E-state index in [1.165, 1.54) is 12.1 Å². The van der Waals surface area contributed by atoms with Crippen LogP contribution in [0.15, 0.2) is 30.3 Å². The molecule has 0 aliphatic carbocycles. The summed E-state index contributed by atoms with van der Waals surface area (Å²) >= 11 is 0. The molecule has 1 rings (SSSR count). The Hall–Kier alpha value is -1.36. The Kier molecular flexibility index (Phi) is 3.02. The van der Waals surface area contributed by atoms with Crippen molar-refractivity contribution in [2.24, 2.45) is 0 Å². The molecule has 0 atom stereocenters.